The van der Waals surface area contributed by atoms with Gasteiger partial charge >= 0.3 is 23.9 Å². The van der Waals surface area contributed by atoms with E-state index < -0.39 is 60.7 Å². The summed E-state index contributed by atoms with van der Waals surface area (Å²) in [5.41, 5.74) is 0. The lowest BCUT2D eigenvalue weighted by Gasteiger charge is -2.44. The van der Waals surface area contributed by atoms with Gasteiger partial charge < -0.3 is 28.4 Å². The molecule has 0 bridgehead atoms. The summed E-state index contributed by atoms with van der Waals surface area (Å²) in [6.45, 7) is 5.55. The molecule has 1 aliphatic heterocycles. The first-order valence-corrected chi connectivity index (χ1v) is 12.9. The van der Waals surface area contributed by atoms with Crippen molar-refractivity contribution in [3.05, 3.63) is 0 Å². The molecule has 0 aromatic carbocycles. The van der Waals surface area contributed by atoms with Crippen LogP contribution in [0.4, 0.5) is 0 Å². The normalized spacial score (nSPS) is 23.8. The quantitative estimate of drug-likeness (QED) is 0.165. The fraction of sp³-hybridized carbons (Fsp3) is 0.808. The van der Waals surface area contributed by atoms with Crippen LogP contribution < -0.4 is 0 Å². The Morgan fingerprint density at radius 3 is 1.76 bits per heavy atom. The third-order valence-corrected chi connectivity index (χ3v) is 5.84. The average Bonchev–Trinajstić information content (AvgIpc) is 2.83. The van der Waals surface area contributed by atoms with E-state index in [1.54, 1.807) is 0 Å². The molecule has 0 N–H and O–H groups in total. The molecule has 0 spiro atoms. The second-order valence-electron chi connectivity index (χ2n) is 9.04. The van der Waals surface area contributed by atoms with Gasteiger partial charge in [-0.2, -0.15) is 5.26 Å². The number of esters is 4. The van der Waals surface area contributed by atoms with Crippen molar-refractivity contribution in [1.29, 1.82) is 5.26 Å². The summed E-state index contributed by atoms with van der Waals surface area (Å²) in [4.78, 5) is 47.8. The Morgan fingerprint density at radius 1 is 0.784 bits per heavy atom. The molecule has 0 aliphatic carbocycles. The fourth-order valence-corrected chi connectivity index (χ4v) is 4.19. The molecule has 0 aromatic heterocycles. The van der Waals surface area contributed by atoms with Crippen LogP contribution in [0.3, 0.4) is 0 Å². The molecule has 0 radical (unpaired) electrons. The Morgan fingerprint density at radius 2 is 1.27 bits per heavy atom. The first kappa shape index (κ1) is 32.3. The molecule has 6 atom stereocenters. The fourth-order valence-electron chi connectivity index (χ4n) is 4.19. The monoisotopic (exact) mass is 527 g/mol. The Bertz CT molecular complexity index is 780. The first-order valence-electron chi connectivity index (χ1n) is 12.9. The largest absolute Gasteiger partial charge is 0.455 e. The van der Waals surface area contributed by atoms with E-state index in [9.17, 15) is 24.4 Å². The summed E-state index contributed by atoms with van der Waals surface area (Å²) < 4.78 is 32.2. The molecule has 0 unspecified atom stereocenters. The van der Waals surface area contributed by atoms with E-state index in [0.29, 0.717) is 6.42 Å². The van der Waals surface area contributed by atoms with Gasteiger partial charge in [-0.25, -0.2) is 0 Å². The van der Waals surface area contributed by atoms with Gasteiger partial charge in [-0.1, -0.05) is 58.3 Å². The van der Waals surface area contributed by atoms with Crippen LogP contribution in [-0.2, 0) is 47.6 Å². The number of ether oxygens (including phenoxy) is 6. The molecule has 1 saturated heterocycles. The predicted molar refractivity (Wildman–Crippen MR) is 130 cm³/mol. The zero-order chi connectivity index (χ0) is 27.8. The minimum Gasteiger partial charge on any atom is -0.455 e. The Labute approximate surface area is 219 Å². The molecular weight excluding hydrogens is 486 g/mol. The first-order chi connectivity index (χ1) is 17.6. The second-order valence-corrected chi connectivity index (χ2v) is 9.04. The molecule has 1 fully saturated rings. The lowest BCUT2D eigenvalue weighted by Crippen LogP contribution is -2.64. The molecule has 0 aromatic rings. The number of hydrogen-bond acceptors (Lipinski definition) is 11. The maximum Gasteiger partial charge on any atom is 0.307 e. The van der Waals surface area contributed by atoms with Crippen LogP contribution in [0.15, 0.2) is 0 Å². The number of hydrogen-bond donors (Lipinski definition) is 0. The highest BCUT2D eigenvalue weighted by Gasteiger charge is 2.55. The standard InChI is InChI=1S/C26H41NO10/c1-6-7-8-9-10-11-12-13-14-15-21(31)36-20(16-27)22-23(33-17(2)28)24(34-18(3)29)25(35-19(4)30)26(32-5)37-22/h20,22-26H,6-15H2,1-5H3/t20-,22-,23+,24+,25-,26+/m1/s1. The van der Waals surface area contributed by atoms with Crippen molar-refractivity contribution in [2.45, 2.75) is 129 Å². The number of nitrogens with zero attached hydrogens (tertiary/aromatic N) is 1. The van der Waals surface area contributed by atoms with Crippen LogP contribution in [0.5, 0.6) is 0 Å². The molecule has 1 heterocycles. The summed E-state index contributed by atoms with van der Waals surface area (Å²) in [6.07, 6.45) is 1.55. The average molecular weight is 528 g/mol. The van der Waals surface area contributed by atoms with Crippen molar-refractivity contribution in [3.63, 3.8) is 0 Å². The molecule has 1 aliphatic rings. The van der Waals surface area contributed by atoms with Crippen molar-refractivity contribution in [1.82, 2.24) is 0 Å². The van der Waals surface area contributed by atoms with Crippen molar-refractivity contribution in [3.8, 4) is 6.07 Å². The zero-order valence-electron chi connectivity index (χ0n) is 22.6. The highest BCUT2D eigenvalue weighted by molar-refractivity contribution is 5.70. The van der Waals surface area contributed by atoms with Gasteiger partial charge in [0.2, 0.25) is 6.10 Å². The third-order valence-electron chi connectivity index (χ3n) is 5.84. The van der Waals surface area contributed by atoms with E-state index in [2.05, 4.69) is 6.92 Å². The van der Waals surface area contributed by atoms with Crippen LogP contribution in [0.25, 0.3) is 0 Å². The van der Waals surface area contributed by atoms with Gasteiger partial charge in [-0.15, -0.1) is 0 Å². The van der Waals surface area contributed by atoms with E-state index in [0.717, 1.165) is 40.0 Å². The van der Waals surface area contributed by atoms with E-state index >= 15 is 0 Å². The second kappa shape index (κ2) is 17.7. The molecule has 1 rings (SSSR count). The highest BCUT2D eigenvalue weighted by Crippen LogP contribution is 2.31. The number of rotatable bonds is 16. The van der Waals surface area contributed by atoms with Crippen molar-refractivity contribution in [2.24, 2.45) is 0 Å². The van der Waals surface area contributed by atoms with E-state index in [-0.39, 0.29) is 6.42 Å². The summed E-state index contributed by atoms with van der Waals surface area (Å²) in [5, 5.41) is 9.77. The van der Waals surface area contributed by atoms with Crippen molar-refractivity contribution >= 4 is 23.9 Å². The van der Waals surface area contributed by atoms with E-state index in [1.807, 2.05) is 6.07 Å². The van der Waals surface area contributed by atoms with E-state index in [1.165, 1.54) is 39.2 Å². The number of unbranched alkanes of at least 4 members (excludes halogenated alkanes) is 8. The van der Waals surface area contributed by atoms with E-state index in [4.69, 9.17) is 28.4 Å². The summed E-state index contributed by atoms with van der Waals surface area (Å²) in [6, 6.07) is 1.85. The number of carbonyl (C=O) groups is 4. The van der Waals surface area contributed by atoms with Gasteiger partial charge in [0.1, 0.15) is 6.07 Å². The van der Waals surface area contributed by atoms with Crippen LogP contribution >= 0.6 is 0 Å². The summed E-state index contributed by atoms with van der Waals surface area (Å²) in [5.74, 6) is -2.87. The van der Waals surface area contributed by atoms with Gasteiger partial charge in [0.15, 0.2) is 30.7 Å². The number of carbonyl (C=O) groups excluding carboxylic acids is 4. The minimum atomic E-state index is -1.51. The summed E-state index contributed by atoms with van der Waals surface area (Å²) in [7, 11) is 1.26. The Kier molecular flexibility index (Phi) is 15.5. The Balaban J connectivity index is 2.86. The van der Waals surface area contributed by atoms with Crippen LogP contribution in [0, 0.1) is 11.3 Å². The molecule has 0 saturated carbocycles. The van der Waals surface area contributed by atoms with Crippen molar-refractivity contribution < 1.29 is 47.6 Å². The van der Waals surface area contributed by atoms with Gasteiger partial charge in [-0.05, 0) is 6.42 Å². The van der Waals surface area contributed by atoms with Gasteiger partial charge in [0.05, 0.1) is 0 Å². The molecule has 11 heteroatoms. The van der Waals surface area contributed by atoms with Crippen molar-refractivity contribution in [2.75, 3.05) is 7.11 Å². The smallest absolute Gasteiger partial charge is 0.307 e. The molecule has 37 heavy (non-hydrogen) atoms. The van der Waals surface area contributed by atoms with Crippen LogP contribution in [-0.4, -0.2) is 67.8 Å². The Hall–Kier alpha value is -2.71. The SMILES string of the molecule is CCCCCCCCCCCC(=O)O[C@H](C#N)[C@H]1O[C@H](OC)[C@H](OC(C)=O)[C@@H](OC(C)=O)[C@H]1OC(C)=O. The lowest BCUT2D eigenvalue weighted by molar-refractivity contribution is -0.307. The highest BCUT2D eigenvalue weighted by atomic mass is 16.7. The maximum atomic E-state index is 12.5. The van der Waals surface area contributed by atoms with Crippen LogP contribution in [0.2, 0.25) is 0 Å². The van der Waals surface area contributed by atoms with Crippen LogP contribution in [0.1, 0.15) is 91.9 Å². The van der Waals surface area contributed by atoms with Gasteiger partial charge in [-0.3, -0.25) is 19.2 Å². The summed E-state index contributed by atoms with van der Waals surface area (Å²) >= 11 is 0. The third kappa shape index (κ3) is 11.9. The number of nitriles is 1. The van der Waals surface area contributed by atoms with Gasteiger partial charge in [0, 0.05) is 34.3 Å². The predicted octanol–water partition coefficient (Wildman–Crippen LogP) is 3.51. The minimum absolute atomic E-state index is 0.107. The number of methoxy groups -OCH3 is 1. The molecule has 210 valence electrons. The maximum absolute atomic E-state index is 12.5. The van der Waals surface area contributed by atoms with Gasteiger partial charge in [0.25, 0.3) is 0 Å². The zero-order valence-corrected chi connectivity index (χ0v) is 22.6. The lowest BCUT2D eigenvalue weighted by atomic mass is 9.94. The molecule has 0 amide bonds. The molecule has 11 nitrogen and oxygen atoms in total. The molecular formula is C26H41NO10. The topological polar surface area (TPSA) is 147 Å².